The zero-order valence-corrected chi connectivity index (χ0v) is 15.8. The third-order valence-corrected chi connectivity index (χ3v) is 5.93. The second-order valence-electron chi connectivity index (χ2n) is 7.51. The van der Waals surface area contributed by atoms with Gasteiger partial charge in [-0.1, -0.05) is 42.5 Å². The third kappa shape index (κ3) is 2.71. The van der Waals surface area contributed by atoms with Crippen molar-refractivity contribution in [3.05, 3.63) is 71.3 Å². The Morgan fingerprint density at radius 2 is 2.00 bits per heavy atom. The molecule has 0 aromatic heterocycles. The van der Waals surface area contributed by atoms with E-state index in [-0.39, 0.29) is 0 Å². The highest BCUT2D eigenvalue weighted by Gasteiger charge is 2.26. The van der Waals surface area contributed by atoms with E-state index in [1.807, 2.05) is 0 Å². The Kier molecular flexibility index (Phi) is 4.12. The minimum Gasteiger partial charge on any atom is -0.460 e. The zero-order chi connectivity index (χ0) is 18.2. The molecule has 2 heterocycles. The summed E-state index contributed by atoms with van der Waals surface area (Å²) in [6.07, 6.45) is 15.9. The van der Waals surface area contributed by atoms with E-state index in [9.17, 15) is 0 Å². The molecule has 2 heteroatoms. The first-order valence-corrected chi connectivity index (χ1v) is 10.1. The van der Waals surface area contributed by atoms with E-state index in [4.69, 9.17) is 4.74 Å². The van der Waals surface area contributed by atoms with Gasteiger partial charge >= 0.3 is 0 Å². The predicted molar refractivity (Wildman–Crippen MR) is 113 cm³/mol. The number of ether oxygens (including phenoxy) is 1. The van der Waals surface area contributed by atoms with Crippen molar-refractivity contribution in [2.45, 2.75) is 32.6 Å². The Hall–Kier alpha value is -2.74. The minimum atomic E-state index is 0.441. The summed E-state index contributed by atoms with van der Waals surface area (Å²) >= 11 is 0. The van der Waals surface area contributed by atoms with Crippen LogP contribution in [0.1, 0.15) is 32.6 Å². The Labute approximate surface area is 160 Å². The first kappa shape index (κ1) is 16.4. The van der Waals surface area contributed by atoms with Crippen molar-refractivity contribution < 1.29 is 4.74 Å². The van der Waals surface area contributed by atoms with E-state index >= 15 is 0 Å². The maximum Gasteiger partial charge on any atom is 0.134 e. The average Bonchev–Trinajstić information content (AvgIpc) is 3.01. The summed E-state index contributed by atoms with van der Waals surface area (Å²) in [4.78, 5) is 2.32. The van der Waals surface area contributed by atoms with Crippen LogP contribution in [0, 0.1) is 5.92 Å². The molecule has 2 nitrogen and oxygen atoms in total. The van der Waals surface area contributed by atoms with Gasteiger partial charge in [0.05, 0.1) is 0 Å². The molecular weight excluding hydrogens is 330 g/mol. The molecule has 0 bridgehead atoms. The monoisotopic (exact) mass is 355 g/mol. The van der Waals surface area contributed by atoms with Crippen LogP contribution in [0.2, 0.25) is 0 Å². The normalized spacial score (nSPS) is 20.1. The fourth-order valence-corrected chi connectivity index (χ4v) is 4.57. The molecule has 0 spiro atoms. The van der Waals surface area contributed by atoms with Crippen molar-refractivity contribution in [3.8, 4) is 16.9 Å². The highest BCUT2D eigenvalue weighted by Crippen LogP contribution is 2.37. The fourth-order valence-electron chi connectivity index (χ4n) is 4.57. The Bertz CT molecular complexity index is 1060. The first-order chi connectivity index (χ1) is 13.4. The molecule has 1 unspecified atom stereocenters. The van der Waals surface area contributed by atoms with Gasteiger partial charge < -0.3 is 9.64 Å². The van der Waals surface area contributed by atoms with Gasteiger partial charge in [0, 0.05) is 40.4 Å². The summed E-state index contributed by atoms with van der Waals surface area (Å²) in [6, 6.07) is 13.0. The Morgan fingerprint density at radius 1 is 1.07 bits per heavy atom. The molecule has 0 saturated heterocycles. The highest BCUT2D eigenvalue weighted by molar-refractivity contribution is 5.80. The number of anilines is 1. The molecule has 0 radical (unpaired) electrons. The van der Waals surface area contributed by atoms with Crippen LogP contribution in [0.15, 0.2) is 60.8 Å². The predicted octanol–water partition coefficient (Wildman–Crippen LogP) is 4.73. The van der Waals surface area contributed by atoms with Crippen molar-refractivity contribution in [1.29, 1.82) is 0 Å². The topological polar surface area (TPSA) is 12.5 Å². The van der Waals surface area contributed by atoms with E-state index in [2.05, 4.69) is 78.7 Å². The zero-order valence-electron chi connectivity index (χ0n) is 15.8. The number of fused-ring (bicyclic) bond motifs is 5. The molecule has 1 aliphatic carbocycles. The van der Waals surface area contributed by atoms with Gasteiger partial charge in [0.1, 0.15) is 11.5 Å². The molecule has 0 fully saturated rings. The Balaban J connectivity index is 1.83. The molecule has 1 atom stereocenters. The minimum absolute atomic E-state index is 0.441. The maximum atomic E-state index is 6.61. The second-order valence-corrected chi connectivity index (χ2v) is 7.51. The van der Waals surface area contributed by atoms with Crippen molar-refractivity contribution in [1.82, 2.24) is 0 Å². The standard InChI is InChI=1S/C25H25NO/c1-2-26-17-9-13-21-22(26)16-15-20-19-12-7-8-14-23(19)27-25(24(20)21)18-10-5-3-4-6-11-18/h3,5,7-9,12-18H,2,4,6,10-11H2,1H3. The van der Waals surface area contributed by atoms with Crippen LogP contribution in [0.5, 0.6) is 5.75 Å². The number of rotatable bonds is 2. The number of hydrogen-bond donors (Lipinski definition) is 0. The van der Waals surface area contributed by atoms with E-state index in [1.54, 1.807) is 0 Å². The smallest absolute Gasteiger partial charge is 0.134 e. The van der Waals surface area contributed by atoms with Crippen molar-refractivity contribution in [3.63, 3.8) is 0 Å². The molecule has 5 rings (SSSR count). The first-order valence-electron chi connectivity index (χ1n) is 10.1. The lowest BCUT2D eigenvalue weighted by molar-refractivity contribution is 0.415. The largest absolute Gasteiger partial charge is 0.460 e. The number of allylic oxidation sites excluding steroid dienone is 3. The summed E-state index contributed by atoms with van der Waals surface area (Å²) in [7, 11) is 0. The van der Waals surface area contributed by atoms with Crippen LogP contribution in [0.25, 0.3) is 23.0 Å². The SMILES string of the molecule is CCN1C=CC=c2c1ccc1c2=C(C2CC=CCCC2)Oc2ccccc2-1. The lowest BCUT2D eigenvalue weighted by Crippen LogP contribution is -2.40. The fraction of sp³-hybridized carbons (Fsp3) is 0.280. The molecule has 136 valence electrons. The molecule has 0 saturated carbocycles. The van der Waals surface area contributed by atoms with Gasteiger partial charge in [0.25, 0.3) is 0 Å². The molecule has 0 amide bonds. The van der Waals surface area contributed by atoms with Gasteiger partial charge in [0.15, 0.2) is 0 Å². The van der Waals surface area contributed by atoms with E-state index in [1.165, 1.54) is 46.5 Å². The number of benzene rings is 2. The van der Waals surface area contributed by atoms with Crippen molar-refractivity contribution in [2.24, 2.45) is 5.92 Å². The Morgan fingerprint density at radius 3 is 2.93 bits per heavy atom. The van der Waals surface area contributed by atoms with E-state index < -0.39 is 0 Å². The molecule has 2 aromatic carbocycles. The second kappa shape index (κ2) is 6.77. The van der Waals surface area contributed by atoms with Crippen LogP contribution in [-0.2, 0) is 0 Å². The van der Waals surface area contributed by atoms with Gasteiger partial charge in [-0.25, -0.2) is 0 Å². The van der Waals surface area contributed by atoms with Gasteiger partial charge in [-0.05, 0) is 56.4 Å². The molecular formula is C25H25NO. The third-order valence-electron chi connectivity index (χ3n) is 5.93. The molecule has 3 aliphatic rings. The van der Waals surface area contributed by atoms with Crippen LogP contribution >= 0.6 is 0 Å². The van der Waals surface area contributed by atoms with Gasteiger partial charge in [-0.2, -0.15) is 0 Å². The summed E-state index contributed by atoms with van der Waals surface area (Å²) in [6.45, 7) is 3.17. The maximum absolute atomic E-state index is 6.61. The van der Waals surface area contributed by atoms with Crippen molar-refractivity contribution >= 4 is 17.5 Å². The molecule has 27 heavy (non-hydrogen) atoms. The van der Waals surface area contributed by atoms with E-state index in [0.29, 0.717) is 5.92 Å². The summed E-state index contributed by atoms with van der Waals surface area (Å²) < 4.78 is 6.61. The van der Waals surface area contributed by atoms with E-state index in [0.717, 1.165) is 24.5 Å². The lowest BCUT2D eigenvalue weighted by Gasteiger charge is -2.28. The number of hydrogen-bond acceptors (Lipinski definition) is 2. The number of para-hydroxylation sites is 1. The summed E-state index contributed by atoms with van der Waals surface area (Å²) in [5, 5.41) is 2.60. The van der Waals surface area contributed by atoms with Gasteiger partial charge in [-0.3, -0.25) is 0 Å². The van der Waals surface area contributed by atoms with Crippen molar-refractivity contribution in [2.75, 3.05) is 11.4 Å². The van der Waals surface area contributed by atoms with Gasteiger partial charge in [0.2, 0.25) is 0 Å². The average molecular weight is 355 g/mol. The van der Waals surface area contributed by atoms with Crippen LogP contribution in [-0.4, -0.2) is 6.54 Å². The van der Waals surface area contributed by atoms with Gasteiger partial charge in [-0.15, -0.1) is 0 Å². The summed E-state index contributed by atoms with van der Waals surface area (Å²) in [5.74, 6) is 2.60. The number of nitrogens with zero attached hydrogens (tertiary/aromatic N) is 1. The quantitative estimate of drug-likeness (QED) is 0.722. The lowest BCUT2D eigenvalue weighted by atomic mass is 9.90. The molecule has 0 N–H and O–H groups in total. The molecule has 2 aromatic rings. The highest BCUT2D eigenvalue weighted by atomic mass is 16.5. The van der Waals surface area contributed by atoms with Crippen LogP contribution in [0.4, 0.5) is 5.69 Å². The van der Waals surface area contributed by atoms with Crippen LogP contribution in [0.3, 0.4) is 0 Å². The summed E-state index contributed by atoms with van der Waals surface area (Å²) in [5.41, 5.74) is 3.79. The molecule has 2 aliphatic heterocycles. The van der Waals surface area contributed by atoms with Crippen LogP contribution < -0.4 is 20.1 Å².